The normalized spacial score (nSPS) is 16.6. The molecule has 1 aliphatic carbocycles. The summed E-state index contributed by atoms with van der Waals surface area (Å²) in [5.74, 6) is -1.18. The number of rotatable bonds is 4. The van der Waals surface area contributed by atoms with E-state index in [1.165, 1.54) is 18.2 Å². The van der Waals surface area contributed by atoms with E-state index in [2.05, 4.69) is 11.4 Å². The van der Waals surface area contributed by atoms with Gasteiger partial charge in [-0.2, -0.15) is 5.26 Å². The van der Waals surface area contributed by atoms with Crippen LogP contribution in [-0.4, -0.2) is 6.54 Å². The van der Waals surface area contributed by atoms with E-state index in [0.717, 1.165) is 12.8 Å². The first kappa shape index (κ1) is 10.9. The van der Waals surface area contributed by atoms with Crippen molar-refractivity contribution in [1.29, 1.82) is 5.26 Å². The molecule has 0 aliphatic heterocycles. The van der Waals surface area contributed by atoms with Crippen molar-refractivity contribution in [3.8, 4) is 6.07 Å². The average molecular weight is 222 g/mol. The molecule has 0 radical (unpaired) electrons. The van der Waals surface area contributed by atoms with Crippen LogP contribution in [0.2, 0.25) is 0 Å². The van der Waals surface area contributed by atoms with Crippen LogP contribution in [0.3, 0.4) is 0 Å². The summed E-state index contributed by atoms with van der Waals surface area (Å²) >= 11 is 0. The molecule has 0 heterocycles. The molecule has 1 fully saturated rings. The van der Waals surface area contributed by atoms with E-state index in [1.807, 2.05) is 0 Å². The summed E-state index contributed by atoms with van der Waals surface area (Å²) in [5, 5.41) is 11.4. The third-order valence-corrected chi connectivity index (χ3v) is 3.01. The third kappa shape index (κ3) is 2.13. The van der Waals surface area contributed by atoms with E-state index in [9.17, 15) is 8.78 Å². The quantitative estimate of drug-likeness (QED) is 0.849. The molecule has 0 amide bonds. The minimum Gasteiger partial charge on any atom is -0.380 e. The van der Waals surface area contributed by atoms with Crippen LogP contribution in [0.1, 0.15) is 19.3 Å². The topological polar surface area (TPSA) is 35.8 Å². The van der Waals surface area contributed by atoms with Crippen molar-refractivity contribution in [2.45, 2.75) is 19.3 Å². The second-order valence-corrected chi connectivity index (χ2v) is 4.29. The zero-order valence-electron chi connectivity index (χ0n) is 8.76. The molecule has 1 saturated carbocycles. The maximum Gasteiger partial charge on any atom is 0.149 e. The van der Waals surface area contributed by atoms with E-state index in [1.54, 1.807) is 0 Å². The molecule has 2 nitrogen and oxygen atoms in total. The Labute approximate surface area is 92.9 Å². The van der Waals surface area contributed by atoms with Gasteiger partial charge in [0.1, 0.15) is 17.3 Å². The highest BCUT2D eigenvalue weighted by molar-refractivity contribution is 5.46. The van der Waals surface area contributed by atoms with Crippen LogP contribution in [0, 0.1) is 28.4 Å². The summed E-state index contributed by atoms with van der Waals surface area (Å²) in [7, 11) is 0. The monoisotopic (exact) mass is 222 g/mol. The summed E-state index contributed by atoms with van der Waals surface area (Å²) in [6, 6.07) is 5.87. The lowest BCUT2D eigenvalue weighted by molar-refractivity contribution is 0.543. The van der Waals surface area contributed by atoms with Gasteiger partial charge < -0.3 is 5.32 Å². The van der Waals surface area contributed by atoms with E-state index >= 15 is 0 Å². The van der Waals surface area contributed by atoms with Crippen LogP contribution < -0.4 is 5.32 Å². The molecule has 1 N–H and O–H groups in total. The lowest BCUT2D eigenvalue weighted by atomic mass is 10.0. The molecular weight excluding hydrogens is 210 g/mol. The van der Waals surface area contributed by atoms with Crippen LogP contribution in [0.15, 0.2) is 18.2 Å². The van der Waals surface area contributed by atoms with E-state index in [-0.39, 0.29) is 11.1 Å². The summed E-state index contributed by atoms with van der Waals surface area (Å²) in [6.45, 7) is 0.457. The fraction of sp³-hybridized carbons (Fsp3) is 0.417. The van der Waals surface area contributed by atoms with Gasteiger partial charge in [-0.3, -0.25) is 0 Å². The Morgan fingerprint density at radius 3 is 2.44 bits per heavy atom. The summed E-state index contributed by atoms with van der Waals surface area (Å²) in [5.41, 5.74) is -0.157. The van der Waals surface area contributed by atoms with Crippen LogP contribution in [0.5, 0.6) is 0 Å². The number of hydrogen-bond donors (Lipinski definition) is 1. The molecule has 84 valence electrons. The van der Waals surface area contributed by atoms with Crippen molar-refractivity contribution in [2.75, 3.05) is 11.9 Å². The molecule has 0 spiro atoms. The van der Waals surface area contributed by atoms with Gasteiger partial charge in [0.15, 0.2) is 0 Å². The standard InChI is InChI=1S/C12H12F2N2/c13-9-2-1-3-10(14)11(9)16-8-12(4-5-12)6-7-15/h1-3,16H,4-6,8H2. The number of nitrogens with one attached hydrogen (secondary N) is 1. The average Bonchev–Trinajstić information content (AvgIpc) is 2.98. The van der Waals surface area contributed by atoms with Gasteiger partial charge in [0, 0.05) is 18.4 Å². The third-order valence-electron chi connectivity index (χ3n) is 3.01. The Hall–Kier alpha value is -1.63. The number of nitriles is 1. The highest BCUT2D eigenvalue weighted by Gasteiger charge is 2.42. The molecule has 2 rings (SSSR count). The Kier molecular flexibility index (Phi) is 2.78. The van der Waals surface area contributed by atoms with Gasteiger partial charge in [-0.25, -0.2) is 8.78 Å². The van der Waals surface area contributed by atoms with E-state index < -0.39 is 11.6 Å². The minimum absolute atomic E-state index is 0.0660. The van der Waals surface area contributed by atoms with E-state index in [4.69, 9.17) is 5.26 Å². The van der Waals surface area contributed by atoms with Gasteiger partial charge in [-0.1, -0.05) is 6.07 Å². The van der Waals surface area contributed by atoms with Gasteiger partial charge in [0.2, 0.25) is 0 Å². The SMILES string of the molecule is N#CCC1(CNc2c(F)cccc2F)CC1. The Morgan fingerprint density at radius 2 is 1.94 bits per heavy atom. The van der Waals surface area contributed by atoms with Crippen LogP contribution >= 0.6 is 0 Å². The van der Waals surface area contributed by atoms with Gasteiger partial charge in [-0.15, -0.1) is 0 Å². The fourth-order valence-electron chi connectivity index (χ4n) is 1.70. The van der Waals surface area contributed by atoms with Gasteiger partial charge >= 0.3 is 0 Å². The minimum atomic E-state index is -0.590. The van der Waals surface area contributed by atoms with Gasteiger partial charge in [0.05, 0.1) is 6.07 Å². The maximum absolute atomic E-state index is 13.3. The molecule has 1 aromatic carbocycles. The zero-order valence-corrected chi connectivity index (χ0v) is 8.76. The molecule has 0 aromatic heterocycles. The van der Waals surface area contributed by atoms with Crippen LogP contribution in [0.25, 0.3) is 0 Å². The number of nitrogens with zero attached hydrogens (tertiary/aromatic N) is 1. The van der Waals surface area contributed by atoms with Crippen molar-refractivity contribution >= 4 is 5.69 Å². The highest BCUT2D eigenvalue weighted by Crippen LogP contribution is 2.48. The van der Waals surface area contributed by atoms with Crippen molar-refractivity contribution in [2.24, 2.45) is 5.41 Å². The Morgan fingerprint density at radius 1 is 1.31 bits per heavy atom. The molecule has 0 unspecified atom stereocenters. The molecule has 0 bridgehead atoms. The number of anilines is 1. The van der Waals surface area contributed by atoms with Gasteiger partial charge in [0.25, 0.3) is 0 Å². The van der Waals surface area contributed by atoms with Crippen molar-refractivity contribution < 1.29 is 8.78 Å². The first-order valence-corrected chi connectivity index (χ1v) is 5.22. The van der Waals surface area contributed by atoms with Crippen LogP contribution in [-0.2, 0) is 0 Å². The summed E-state index contributed by atoms with van der Waals surface area (Å²) in [4.78, 5) is 0. The second kappa shape index (κ2) is 4.09. The summed E-state index contributed by atoms with van der Waals surface area (Å²) in [6.07, 6.45) is 2.34. The molecule has 0 atom stereocenters. The number of benzene rings is 1. The van der Waals surface area contributed by atoms with Crippen molar-refractivity contribution in [1.82, 2.24) is 0 Å². The second-order valence-electron chi connectivity index (χ2n) is 4.29. The molecule has 4 heteroatoms. The zero-order chi connectivity index (χ0) is 11.6. The molecule has 1 aromatic rings. The lowest BCUT2D eigenvalue weighted by Gasteiger charge is -2.14. The Balaban J connectivity index is 2.03. The number of para-hydroxylation sites is 1. The first-order valence-electron chi connectivity index (χ1n) is 5.22. The first-order chi connectivity index (χ1) is 7.67. The molecule has 0 saturated heterocycles. The number of hydrogen-bond acceptors (Lipinski definition) is 2. The number of halogens is 2. The molecule has 16 heavy (non-hydrogen) atoms. The largest absolute Gasteiger partial charge is 0.380 e. The van der Waals surface area contributed by atoms with Crippen LogP contribution in [0.4, 0.5) is 14.5 Å². The Bertz CT molecular complexity index is 413. The lowest BCUT2D eigenvalue weighted by Crippen LogP contribution is -2.16. The van der Waals surface area contributed by atoms with E-state index in [0.29, 0.717) is 13.0 Å². The molecule has 1 aliphatic rings. The maximum atomic E-state index is 13.3. The summed E-state index contributed by atoms with van der Waals surface area (Å²) < 4.78 is 26.5. The highest BCUT2D eigenvalue weighted by atomic mass is 19.1. The predicted octanol–water partition coefficient (Wildman–Crippen LogP) is 3.07. The molecular formula is C12H12F2N2. The fourth-order valence-corrected chi connectivity index (χ4v) is 1.70. The smallest absolute Gasteiger partial charge is 0.149 e. The predicted molar refractivity (Wildman–Crippen MR) is 56.7 cm³/mol. The van der Waals surface area contributed by atoms with Crippen molar-refractivity contribution in [3.05, 3.63) is 29.8 Å². The van der Waals surface area contributed by atoms with Crippen molar-refractivity contribution in [3.63, 3.8) is 0 Å². The van der Waals surface area contributed by atoms with Gasteiger partial charge in [-0.05, 0) is 25.0 Å².